The fourth-order valence-electron chi connectivity index (χ4n) is 0.892. The van der Waals surface area contributed by atoms with Gasteiger partial charge in [0.05, 0.1) is 0 Å². The van der Waals surface area contributed by atoms with Crippen LogP contribution in [-0.4, -0.2) is 23.3 Å². The first-order valence-corrected chi connectivity index (χ1v) is 4.65. The van der Waals surface area contributed by atoms with E-state index in [1.165, 1.54) is 0 Å². The van der Waals surface area contributed by atoms with Gasteiger partial charge in [0.1, 0.15) is 0 Å². The maximum atomic E-state index is 12.8. The number of carbonyl (C=O) groups is 1. The minimum atomic E-state index is -5.16. The van der Waals surface area contributed by atoms with Crippen molar-refractivity contribution in [1.29, 1.82) is 0 Å². The molecule has 0 amide bonds. The van der Waals surface area contributed by atoms with Gasteiger partial charge in [0.2, 0.25) is 0 Å². The molecule has 7 heteroatoms. The average molecular weight is 253 g/mol. The van der Waals surface area contributed by atoms with E-state index in [0.717, 1.165) is 0 Å². The molecule has 15 heavy (non-hydrogen) atoms. The highest BCUT2D eigenvalue weighted by Crippen LogP contribution is 2.41. The molecule has 90 valence electrons. The zero-order chi connectivity index (χ0) is 12.3. The lowest BCUT2D eigenvalue weighted by molar-refractivity contribution is -0.227. The number of unbranched alkanes of at least 4 members (excludes halogenated alkanes) is 1. The van der Waals surface area contributed by atoms with E-state index in [4.69, 9.17) is 0 Å². The number of carbonyl (C=O) groups excluding carboxylic acids is 1. The van der Waals surface area contributed by atoms with Crippen LogP contribution in [0.25, 0.3) is 0 Å². The molecule has 0 radical (unpaired) electrons. The van der Waals surface area contributed by atoms with E-state index in [1.807, 2.05) is 0 Å². The van der Waals surface area contributed by atoms with Gasteiger partial charge in [-0.25, -0.2) is 4.39 Å². The Balaban J connectivity index is 4.71. The Morgan fingerprint density at radius 1 is 1.33 bits per heavy atom. The number of hydrogen-bond donors (Lipinski definition) is 0. The lowest BCUT2D eigenvalue weighted by atomic mass is 10.0. The molecule has 0 aliphatic carbocycles. The molecule has 0 saturated heterocycles. The highest BCUT2D eigenvalue weighted by Gasteiger charge is 2.65. The fraction of sp³-hybridized carbons (Fsp3) is 0.875. The van der Waals surface area contributed by atoms with E-state index in [2.05, 4.69) is 11.6 Å². The molecule has 1 nitrogen and oxygen atoms in total. The summed E-state index contributed by atoms with van der Waals surface area (Å²) in [6, 6.07) is 0. The minimum Gasteiger partial charge on any atom is -0.274 e. The summed E-state index contributed by atoms with van der Waals surface area (Å²) in [7, 11) is 0. The van der Waals surface area contributed by atoms with Gasteiger partial charge in [-0.05, 0) is 18.0 Å². The van der Waals surface area contributed by atoms with E-state index in [0.29, 0.717) is 6.42 Å². The molecule has 0 spiro atoms. The van der Waals surface area contributed by atoms with E-state index < -0.39 is 29.7 Å². The summed E-state index contributed by atoms with van der Waals surface area (Å²) in [5.74, 6) is -10.2. The highest BCUT2D eigenvalue weighted by atomic mass is 35.5. The number of alkyl halides is 5. The molecule has 0 bridgehead atoms. The lowest BCUT2D eigenvalue weighted by Crippen LogP contribution is -2.51. The summed E-state index contributed by atoms with van der Waals surface area (Å²) in [6.07, 6.45) is -3.39. The van der Waals surface area contributed by atoms with Gasteiger partial charge < -0.3 is 0 Å². The van der Waals surface area contributed by atoms with Crippen molar-refractivity contribution < 1.29 is 26.7 Å². The second-order valence-electron chi connectivity index (χ2n) is 3.08. The molecular formula is C8H10ClF5O. The Labute approximate surface area is 88.6 Å². The molecule has 0 heterocycles. The van der Waals surface area contributed by atoms with E-state index in [9.17, 15) is 26.7 Å². The Hall–Kier alpha value is -0.390. The second-order valence-corrected chi connectivity index (χ2v) is 3.42. The second kappa shape index (κ2) is 5.09. The predicted molar refractivity (Wildman–Crippen MR) is 45.2 cm³/mol. The molecule has 1 atom stereocenters. The van der Waals surface area contributed by atoms with Crippen molar-refractivity contribution in [2.45, 2.75) is 44.2 Å². The van der Waals surface area contributed by atoms with Crippen LogP contribution in [0.4, 0.5) is 22.0 Å². The molecule has 0 aromatic heterocycles. The summed E-state index contributed by atoms with van der Waals surface area (Å²) < 4.78 is 63.3. The Kier molecular flexibility index (Phi) is 4.96. The van der Waals surface area contributed by atoms with Crippen LogP contribution in [0.15, 0.2) is 0 Å². The summed E-state index contributed by atoms with van der Waals surface area (Å²) in [6.45, 7) is 1.59. The molecule has 0 aromatic carbocycles. The van der Waals surface area contributed by atoms with Crippen molar-refractivity contribution in [3.8, 4) is 0 Å². The number of hydrogen-bond acceptors (Lipinski definition) is 1. The van der Waals surface area contributed by atoms with Gasteiger partial charge in [-0.2, -0.15) is 17.6 Å². The molecule has 0 aromatic rings. The average Bonchev–Trinajstić information content (AvgIpc) is 2.13. The van der Waals surface area contributed by atoms with Crippen LogP contribution in [0, 0.1) is 0 Å². The highest BCUT2D eigenvalue weighted by molar-refractivity contribution is 6.65. The number of rotatable bonds is 6. The first-order valence-electron chi connectivity index (χ1n) is 4.27. The predicted octanol–water partition coefficient (Wildman–Crippen LogP) is 3.55. The molecule has 0 N–H and O–H groups in total. The van der Waals surface area contributed by atoms with E-state index >= 15 is 0 Å². The molecule has 0 saturated carbocycles. The van der Waals surface area contributed by atoms with Crippen molar-refractivity contribution in [1.82, 2.24) is 0 Å². The fourth-order valence-corrected chi connectivity index (χ4v) is 1.02. The van der Waals surface area contributed by atoms with Crippen LogP contribution in [0.1, 0.15) is 26.2 Å². The largest absolute Gasteiger partial charge is 0.384 e. The standard InChI is InChI=1S/C8H10ClF5O/c1-2-3-4-5(10)7(11,12)8(13,14)6(9)15/h5H,2-4H2,1H3. The third-order valence-corrected chi connectivity index (χ3v) is 2.11. The van der Waals surface area contributed by atoms with Gasteiger partial charge >= 0.3 is 11.8 Å². The van der Waals surface area contributed by atoms with Crippen LogP contribution < -0.4 is 0 Å². The van der Waals surface area contributed by atoms with Crippen molar-refractivity contribution in [3.05, 3.63) is 0 Å². The maximum absolute atomic E-state index is 12.8. The summed E-state index contributed by atoms with van der Waals surface area (Å²) in [5, 5.41) is -2.55. The van der Waals surface area contributed by atoms with Crippen molar-refractivity contribution in [2.24, 2.45) is 0 Å². The molecule has 1 unspecified atom stereocenters. The summed E-state index contributed by atoms with van der Waals surface area (Å²) in [5.41, 5.74) is 0. The Morgan fingerprint density at radius 3 is 2.13 bits per heavy atom. The third-order valence-electron chi connectivity index (χ3n) is 1.87. The van der Waals surface area contributed by atoms with Crippen LogP contribution in [0.3, 0.4) is 0 Å². The third kappa shape index (κ3) is 3.03. The van der Waals surface area contributed by atoms with Gasteiger partial charge in [0, 0.05) is 0 Å². The van der Waals surface area contributed by atoms with Gasteiger partial charge in [-0.3, -0.25) is 4.79 Å². The molecule has 0 aliphatic rings. The first kappa shape index (κ1) is 14.6. The van der Waals surface area contributed by atoms with Gasteiger partial charge in [0.15, 0.2) is 6.17 Å². The molecule has 0 aliphatic heterocycles. The topological polar surface area (TPSA) is 17.1 Å². The summed E-state index contributed by atoms with van der Waals surface area (Å²) >= 11 is 4.30. The number of halogens is 6. The van der Waals surface area contributed by atoms with Crippen LogP contribution in [-0.2, 0) is 4.79 Å². The van der Waals surface area contributed by atoms with Crippen LogP contribution >= 0.6 is 11.6 Å². The Morgan fingerprint density at radius 2 is 1.80 bits per heavy atom. The normalized spacial score (nSPS) is 15.1. The van der Waals surface area contributed by atoms with Gasteiger partial charge in [-0.15, -0.1) is 0 Å². The van der Waals surface area contributed by atoms with Crippen molar-refractivity contribution >= 4 is 16.8 Å². The summed E-state index contributed by atoms with van der Waals surface area (Å²) in [4.78, 5) is 10.1. The van der Waals surface area contributed by atoms with E-state index in [-0.39, 0.29) is 6.42 Å². The van der Waals surface area contributed by atoms with E-state index in [1.54, 1.807) is 6.92 Å². The quantitative estimate of drug-likeness (QED) is 0.522. The van der Waals surface area contributed by atoms with Crippen LogP contribution in [0.5, 0.6) is 0 Å². The zero-order valence-electron chi connectivity index (χ0n) is 7.87. The first-order chi connectivity index (χ1) is 6.67. The Bertz CT molecular complexity index is 231. The monoisotopic (exact) mass is 252 g/mol. The molecule has 0 rings (SSSR count). The molecular weight excluding hydrogens is 243 g/mol. The smallest absolute Gasteiger partial charge is 0.274 e. The molecule has 0 fully saturated rings. The van der Waals surface area contributed by atoms with Crippen molar-refractivity contribution in [2.75, 3.05) is 0 Å². The zero-order valence-corrected chi connectivity index (χ0v) is 8.63. The van der Waals surface area contributed by atoms with Gasteiger partial charge in [0.25, 0.3) is 5.24 Å². The van der Waals surface area contributed by atoms with Crippen LogP contribution in [0.2, 0.25) is 0 Å². The lowest BCUT2D eigenvalue weighted by Gasteiger charge is -2.26. The van der Waals surface area contributed by atoms with Crippen molar-refractivity contribution in [3.63, 3.8) is 0 Å². The maximum Gasteiger partial charge on any atom is 0.384 e. The SMILES string of the molecule is CCCCC(F)C(F)(F)C(F)(F)C(=O)Cl. The van der Waals surface area contributed by atoms with Gasteiger partial charge in [-0.1, -0.05) is 19.8 Å². The minimum absolute atomic E-state index is 0.0311.